The maximum Gasteiger partial charge on any atom is 0.354 e. The number of nitrogen functional groups attached to an aromatic ring is 1. The van der Waals surface area contributed by atoms with E-state index in [4.69, 9.17) is 17.2 Å². The summed E-state index contributed by atoms with van der Waals surface area (Å²) >= 11 is 0. The minimum Gasteiger partial charge on any atom is -0.383 e. The van der Waals surface area contributed by atoms with Crippen LogP contribution in [0.15, 0.2) is 41.3 Å². The first-order valence-electron chi connectivity index (χ1n) is 8.71. The third-order valence-electron chi connectivity index (χ3n) is 5.63. The molecule has 2 aromatic rings. The number of benzene rings is 1. The second-order valence-corrected chi connectivity index (χ2v) is 7.12. The number of anilines is 1. The topological polar surface area (TPSA) is 116 Å². The van der Waals surface area contributed by atoms with Crippen molar-refractivity contribution in [3.05, 3.63) is 52.6 Å². The third-order valence-corrected chi connectivity index (χ3v) is 5.63. The van der Waals surface area contributed by atoms with Gasteiger partial charge in [0.25, 0.3) is 0 Å². The molecule has 25 heavy (non-hydrogen) atoms. The number of nitrogens with zero attached hydrogens (tertiary/aromatic N) is 3. The summed E-state index contributed by atoms with van der Waals surface area (Å²) in [5.74, 6) is 2.45. The summed E-state index contributed by atoms with van der Waals surface area (Å²) in [7, 11) is 0. The molecule has 7 nitrogen and oxygen atoms in total. The van der Waals surface area contributed by atoms with Gasteiger partial charge in [-0.05, 0) is 48.1 Å². The van der Waals surface area contributed by atoms with Gasteiger partial charge in [0.05, 0.1) is 11.9 Å². The molecule has 2 fully saturated rings. The number of likely N-dealkylation sites (tertiary alicyclic amines) is 1. The van der Waals surface area contributed by atoms with Crippen molar-refractivity contribution < 1.29 is 0 Å². The molecule has 4 rings (SSSR count). The van der Waals surface area contributed by atoms with Gasteiger partial charge in [0, 0.05) is 25.7 Å². The highest BCUT2D eigenvalue weighted by molar-refractivity contribution is 5.36. The van der Waals surface area contributed by atoms with Crippen LogP contribution in [0.2, 0.25) is 0 Å². The first kappa shape index (κ1) is 16.3. The lowest BCUT2D eigenvalue weighted by Gasteiger charge is -2.26. The molecule has 0 bridgehead atoms. The molecule has 132 valence electrons. The van der Waals surface area contributed by atoms with Crippen molar-refractivity contribution >= 4 is 5.82 Å². The maximum absolute atomic E-state index is 11.9. The Bertz CT molecular complexity index is 805. The van der Waals surface area contributed by atoms with Gasteiger partial charge in [-0.1, -0.05) is 12.1 Å². The fourth-order valence-electron chi connectivity index (χ4n) is 4.08. The molecule has 1 aliphatic carbocycles. The van der Waals surface area contributed by atoms with Crippen molar-refractivity contribution in [2.24, 2.45) is 29.2 Å². The van der Waals surface area contributed by atoms with Gasteiger partial charge in [0.1, 0.15) is 5.82 Å². The van der Waals surface area contributed by atoms with E-state index in [2.05, 4.69) is 9.88 Å². The number of piperidine rings is 1. The maximum atomic E-state index is 11.9. The number of hydrogen-bond donors (Lipinski definition) is 3. The van der Waals surface area contributed by atoms with Gasteiger partial charge in [0.2, 0.25) is 0 Å². The van der Waals surface area contributed by atoms with Gasteiger partial charge < -0.3 is 17.2 Å². The fraction of sp³-hybridized carbons (Fsp3) is 0.444. The van der Waals surface area contributed by atoms with Crippen LogP contribution in [0.5, 0.6) is 0 Å². The van der Waals surface area contributed by atoms with Crippen LogP contribution in [0.4, 0.5) is 5.82 Å². The van der Waals surface area contributed by atoms with Crippen LogP contribution in [-0.4, -0.2) is 40.3 Å². The zero-order valence-corrected chi connectivity index (χ0v) is 14.1. The summed E-state index contributed by atoms with van der Waals surface area (Å²) in [4.78, 5) is 18.0. The van der Waals surface area contributed by atoms with Crippen molar-refractivity contribution in [2.75, 3.05) is 25.4 Å². The largest absolute Gasteiger partial charge is 0.383 e. The lowest BCUT2D eigenvalue weighted by molar-refractivity contribution is 0.210. The summed E-state index contributed by atoms with van der Waals surface area (Å²) in [5.41, 5.74) is 19.2. The van der Waals surface area contributed by atoms with E-state index >= 15 is 0 Å². The molecule has 1 aliphatic heterocycles. The molecule has 2 aliphatic rings. The Hall–Kier alpha value is -2.22. The molecule has 0 spiro atoms. The van der Waals surface area contributed by atoms with Crippen LogP contribution in [0.25, 0.3) is 5.69 Å². The standard InChI is InChI=1S/C18H24N6O/c19-8-13-14-9-23(10-15(13)14)17(21)7-11-1-3-12(4-2-11)24-6-5-16(20)22-18(24)25/h1-6,13-15,17H,7-10,19,21H2,(H2,20,22,25)/t13?,14?,15?,17-/m1/s1. The zero-order valence-electron chi connectivity index (χ0n) is 14.1. The van der Waals surface area contributed by atoms with E-state index in [-0.39, 0.29) is 17.7 Å². The molecule has 1 aromatic heterocycles. The van der Waals surface area contributed by atoms with Crippen LogP contribution < -0.4 is 22.9 Å². The predicted molar refractivity (Wildman–Crippen MR) is 97.0 cm³/mol. The molecule has 6 N–H and O–H groups in total. The second-order valence-electron chi connectivity index (χ2n) is 7.12. The Morgan fingerprint density at radius 2 is 1.84 bits per heavy atom. The van der Waals surface area contributed by atoms with Crippen molar-refractivity contribution in [3.8, 4) is 5.69 Å². The Morgan fingerprint density at radius 3 is 2.44 bits per heavy atom. The van der Waals surface area contributed by atoms with E-state index in [0.717, 1.165) is 55.1 Å². The molecule has 1 aromatic carbocycles. The van der Waals surface area contributed by atoms with E-state index in [0.29, 0.717) is 0 Å². The number of rotatable bonds is 5. The second kappa shape index (κ2) is 6.25. The summed E-state index contributed by atoms with van der Waals surface area (Å²) in [5, 5.41) is 0. The zero-order chi connectivity index (χ0) is 17.6. The van der Waals surface area contributed by atoms with Gasteiger partial charge >= 0.3 is 5.69 Å². The molecule has 2 unspecified atom stereocenters. The quantitative estimate of drug-likeness (QED) is 0.693. The predicted octanol–water partition coefficient (Wildman–Crippen LogP) is -0.221. The van der Waals surface area contributed by atoms with Crippen LogP contribution in [0.3, 0.4) is 0 Å². The lowest BCUT2D eigenvalue weighted by atomic mass is 10.1. The van der Waals surface area contributed by atoms with Gasteiger partial charge in [-0.2, -0.15) is 4.98 Å². The monoisotopic (exact) mass is 340 g/mol. The molecule has 3 atom stereocenters. The van der Waals surface area contributed by atoms with Gasteiger partial charge in [-0.25, -0.2) is 4.79 Å². The molecule has 1 saturated heterocycles. The summed E-state index contributed by atoms with van der Waals surface area (Å²) in [6, 6.07) is 9.45. The highest BCUT2D eigenvalue weighted by Gasteiger charge is 2.55. The summed E-state index contributed by atoms with van der Waals surface area (Å²) in [6.45, 7) is 2.94. The summed E-state index contributed by atoms with van der Waals surface area (Å²) in [6.07, 6.45) is 2.45. The first-order valence-corrected chi connectivity index (χ1v) is 8.71. The normalized spacial score (nSPS) is 26.4. The van der Waals surface area contributed by atoms with E-state index < -0.39 is 0 Å². The van der Waals surface area contributed by atoms with Crippen molar-refractivity contribution in [3.63, 3.8) is 0 Å². The number of nitrogens with two attached hydrogens (primary N) is 3. The van der Waals surface area contributed by atoms with Crippen molar-refractivity contribution in [2.45, 2.75) is 12.6 Å². The molecular weight excluding hydrogens is 316 g/mol. The van der Waals surface area contributed by atoms with Gasteiger partial charge in [-0.3, -0.25) is 9.47 Å². The molecule has 1 saturated carbocycles. The number of hydrogen-bond acceptors (Lipinski definition) is 6. The first-order chi connectivity index (χ1) is 12.1. The minimum absolute atomic E-state index is 0.0259. The third kappa shape index (κ3) is 3.06. The average Bonchev–Trinajstić information content (AvgIpc) is 3.06. The van der Waals surface area contributed by atoms with Gasteiger partial charge in [-0.15, -0.1) is 0 Å². The van der Waals surface area contributed by atoms with E-state index in [1.807, 2.05) is 24.3 Å². The Balaban J connectivity index is 1.40. The van der Waals surface area contributed by atoms with Crippen molar-refractivity contribution in [1.29, 1.82) is 0 Å². The van der Waals surface area contributed by atoms with E-state index in [1.54, 1.807) is 12.3 Å². The Labute approximate surface area is 146 Å². The SMILES string of the molecule is NCC1C2CN([C@@H](N)Cc3ccc(-n4ccc(N)nc4=O)cc3)CC12. The number of aromatic nitrogens is 2. The highest BCUT2D eigenvalue weighted by Crippen LogP contribution is 2.51. The van der Waals surface area contributed by atoms with Gasteiger partial charge in [0.15, 0.2) is 0 Å². The molecule has 0 radical (unpaired) electrons. The van der Waals surface area contributed by atoms with Crippen molar-refractivity contribution in [1.82, 2.24) is 14.5 Å². The molecular formula is C18H24N6O. The van der Waals surface area contributed by atoms with Crippen LogP contribution >= 0.6 is 0 Å². The van der Waals surface area contributed by atoms with Crippen LogP contribution in [0, 0.1) is 17.8 Å². The van der Waals surface area contributed by atoms with Crippen LogP contribution in [0.1, 0.15) is 5.56 Å². The minimum atomic E-state index is -0.379. The van der Waals surface area contributed by atoms with Crippen LogP contribution in [-0.2, 0) is 6.42 Å². The highest BCUT2D eigenvalue weighted by atomic mass is 16.1. The fourth-order valence-corrected chi connectivity index (χ4v) is 4.08. The Kier molecular flexibility index (Phi) is 4.07. The van der Waals surface area contributed by atoms with E-state index in [9.17, 15) is 4.79 Å². The average molecular weight is 340 g/mol. The lowest BCUT2D eigenvalue weighted by Crippen LogP contribution is -2.44. The molecule has 2 heterocycles. The Morgan fingerprint density at radius 1 is 1.16 bits per heavy atom. The summed E-state index contributed by atoms with van der Waals surface area (Å²) < 4.78 is 1.47. The molecule has 0 amide bonds. The van der Waals surface area contributed by atoms with E-state index in [1.165, 1.54) is 4.57 Å². The molecule has 7 heteroatoms. The number of fused-ring (bicyclic) bond motifs is 1. The smallest absolute Gasteiger partial charge is 0.354 e.